The highest BCUT2D eigenvalue weighted by Crippen LogP contribution is 2.25. The minimum Gasteiger partial charge on any atom is -0.399 e. The highest BCUT2D eigenvalue weighted by molar-refractivity contribution is 5.54. The van der Waals surface area contributed by atoms with Crippen molar-refractivity contribution in [1.82, 2.24) is 0 Å². The van der Waals surface area contributed by atoms with Crippen LogP contribution in [0.15, 0.2) is 18.2 Å². The lowest BCUT2D eigenvalue weighted by Gasteiger charge is -2.25. The number of aliphatic hydroxyl groups is 1. The molecule has 0 spiro atoms. The zero-order chi connectivity index (χ0) is 12.3. The third kappa shape index (κ3) is 3.60. The van der Waals surface area contributed by atoms with Crippen molar-refractivity contribution in [2.24, 2.45) is 5.92 Å². The summed E-state index contributed by atoms with van der Waals surface area (Å²) >= 11 is 0. The van der Waals surface area contributed by atoms with E-state index in [2.05, 4.69) is 5.32 Å². The minimum absolute atomic E-state index is 0.129. The normalized spacial score (nSPS) is 24.6. The second-order valence-electron chi connectivity index (χ2n) is 4.83. The Kier molecular flexibility index (Phi) is 3.84. The molecular formula is C13H19FN2O. The molecule has 4 N–H and O–H groups in total. The lowest BCUT2D eigenvalue weighted by Crippen LogP contribution is -2.23. The fourth-order valence-electron chi connectivity index (χ4n) is 2.33. The van der Waals surface area contributed by atoms with E-state index in [9.17, 15) is 9.50 Å². The predicted molar refractivity (Wildman–Crippen MR) is 67.3 cm³/mol. The van der Waals surface area contributed by atoms with Gasteiger partial charge in [-0.05, 0) is 49.8 Å². The van der Waals surface area contributed by atoms with Gasteiger partial charge in [0.2, 0.25) is 0 Å². The molecule has 1 aromatic rings. The molecule has 0 amide bonds. The molecule has 1 aromatic carbocycles. The molecule has 0 heterocycles. The molecule has 1 fully saturated rings. The predicted octanol–water partition coefficient (Wildman–Crippen LogP) is 2.37. The average molecular weight is 238 g/mol. The van der Waals surface area contributed by atoms with Crippen molar-refractivity contribution in [3.63, 3.8) is 0 Å². The number of nitrogen functional groups attached to an aromatic ring is 1. The highest BCUT2D eigenvalue weighted by atomic mass is 19.1. The SMILES string of the molecule is Nc1cc(F)cc(NCC2CCC(O)CC2)c1. The Balaban J connectivity index is 1.85. The Bertz CT molecular complexity index is 355. The van der Waals surface area contributed by atoms with Crippen molar-refractivity contribution in [3.05, 3.63) is 24.0 Å². The molecule has 94 valence electrons. The van der Waals surface area contributed by atoms with Crippen LogP contribution >= 0.6 is 0 Å². The molecular weight excluding hydrogens is 219 g/mol. The van der Waals surface area contributed by atoms with E-state index >= 15 is 0 Å². The van der Waals surface area contributed by atoms with Crippen molar-refractivity contribution in [2.45, 2.75) is 31.8 Å². The van der Waals surface area contributed by atoms with Gasteiger partial charge >= 0.3 is 0 Å². The van der Waals surface area contributed by atoms with Gasteiger partial charge in [-0.1, -0.05) is 0 Å². The van der Waals surface area contributed by atoms with E-state index in [0.717, 1.165) is 37.9 Å². The molecule has 1 saturated carbocycles. The number of nitrogens with one attached hydrogen (secondary N) is 1. The van der Waals surface area contributed by atoms with Gasteiger partial charge in [0.1, 0.15) is 5.82 Å². The van der Waals surface area contributed by atoms with E-state index in [1.54, 1.807) is 6.07 Å². The van der Waals surface area contributed by atoms with E-state index in [1.807, 2.05) is 0 Å². The largest absolute Gasteiger partial charge is 0.399 e. The van der Waals surface area contributed by atoms with E-state index in [1.165, 1.54) is 12.1 Å². The average Bonchev–Trinajstić information content (AvgIpc) is 2.27. The summed E-state index contributed by atoms with van der Waals surface area (Å²) in [6.07, 6.45) is 3.67. The molecule has 0 saturated heterocycles. The topological polar surface area (TPSA) is 58.3 Å². The number of anilines is 2. The molecule has 17 heavy (non-hydrogen) atoms. The van der Waals surface area contributed by atoms with E-state index < -0.39 is 0 Å². The third-order valence-electron chi connectivity index (χ3n) is 3.33. The van der Waals surface area contributed by atoms with Gasteiger partial charge in [-0.2, -0.15) is 0 Å². The molecule has 0 radical (unpaired) electrons. The molecule has 1 aliphatic rings. The molecule has 4 heteroatoms. The first-order chi connectivity index (χ1) is 8.13. The van der Waals surface area contributed by atoms with E-state index in [-0.39, 0.29) is 11.9 Å². The molecule has 0 unspecified atom stereocenters. The third-order valence-corrected chi connectivity index (χ3v) is 3.33. The van der Waals surface area contributed by atoms with Crippen LogP contribution in [0, 0.1) is 11.7 Å². The summed E-state index contributed by atoms with van der Waals surface area (Å²) in [4.78, 5) is 0. The molecule has 1 aliphatic carbocycles. The van der Waals surface area contributed by atoms with Crippen LogP contribution in [-0.2, 0) is 0 Å². The Morgan fingerprint density at radius 1 is 1.24 bits per heavy atom. The van der Waals surface area contributed by atoms with Crippen LogP contribution < -0.4 is 11.1 Å². The standard InChI is InChI=1S/C13H19FN2O/c14-10-5-11(15)7-12(6-10)16-8-9-1-3-13(17)4-2-9/h5-7,9,13,16-17H,1-4,8,15H2. The van der Waals surface area contributed by atoms with Crippen molar-refractivity contribution in [3.8, 4) is 0 Å². The number of nitrogens with two attached hydrogens (primary N) is 1. The molecule has 0 bridgehead atoms. The first-order valence-corrected chi connectivity index (χ1v) is 6.11. The molecule has 0 aromatic heterocycles. The maximum absolute atomic E-state index is 13.1. The number of benzene rings is 1. The Labute approximate surface area is 101 Å². The van der Waals surface area contributed by atoms with Crippen LogP contribution in [0.4, 0.5) is 15.8 Å². The molecule has 0 atom stereocenters. The summed E-state index contributed by atoms with van der Waals surface area (Å²) in [5.41, 5.74) is 6.74. The number of hydrogen-bond acceptors (Lipinski definition) is 3. The zero-order valence-electron chi connectivity index (χ0n) is 9.82. The van der Waals surface area contributed by atoms with Crippen molar-refractivity contribution >= 4 is 11.4 Å². The van der Waals surface area contributed by atoms with Crippen molar-refractivity contribution < 1.29 is 9.50 Å². The van der Waals surface area contributed by atoms with Crippen LogP contribution in [-0.4, -0.2) is 17.8 Å². The van der Waals surface area contributed by atoms with Crippen molar-refractivity contribution in [2.75, 3.05) is 17.6 Å². The van der Waals surface area contributed by atoms with Gasteiger partial charge in [0.15, 0.2) is 0 Å². The van der Waals surface area contributed by atoms with Crippen LogP contribution in [0.5, 0.6) is 0 Å². The number of rotatable bonds is 3. The zero-order valence-corrected chi connectivity index (χ0v) is 9.82. The summed E-state index contributed by atoms with van der Waals surface area (Å²) < 4.78 is 13.1. The summed E-state index contributed by atoms with van der Waals surface area (Å²) in [5.74, 6) is 0.245. The molecule has 2 rings (SSSR count). The fraction of sp³-hybridized carbons (Fsp3) is 0.538. The highest BCUT2D eigenvalue weighted by Gasteiger charge is 2.18. The second kappa shape index (κ2) is 5.36. The monoisotopic (exact) mass is 238 g/mol. The number of halogens is 1. The quantitative estimate of drug-likeness (QED) is 0.708. The summed E-state index contributed by atoms with van der Waals surface area (Å²) in [6.45, 7) is 0.815. The van der Waals surface area contributed by atoms with Gasteiger partial charge < -0.3 is 16.2 Å². The van der Waals surface area contributed by atoms with Gasteiger partial charge in [-0.25, -0.2) is 4.39 Å². The second-order valence-corrected chi connectivity index (χ2v) is 4.83. The minimum atomic E-state index is -0.313. The Morgan fingerprint density at radius 3 is 2.59 bits per heavy atom. The van der Waals surface area contributed by atoms with Gasteiger partial charge in [0.05, 0.1) is 6.10 Å². The lowest BCUT2D eigenvalue weighted by atomic mass is 9.87. The van der Waals surface area contributed by atoms with Gasteiger partial charge in [-0.3, -0.25) is 0 Å². The van der Waals surface area contributed by atoms with Crippen LogP contribution in [0.2, 0.25) is 0 Å². The van der Waals surface area contributed by atoms with Crippen LogP contribution in [0.3, 0.4) is 0 Å². The van der Waals surface area contributed by atoms with Crippen molar-refractivity contribution in [1.29, 1.82) is 0 Å². The molecule has 3 nitrogen and oxygen atoms in total. The summed E-state index contributed by atoms with van der Waals surface area (Å²) in [7, 11) is 0. The number of aliphatic hydroxyl groups excluding tert-OH is 1. The Morgan fingerprint density at radius 2 is 1.94 bits per heavy atom. The first kappa shape index (κ1) is 12.2. The van der Waals surface area contributed by atoms with E-state index in [0.29, 0.717) is 11.6 Å². The first-order valence-electron chi connectivity index (χ1n) is 6.11. The summed E-state index contributed by atoms with van der Waals surface area (Å²) in [5, 5.41) is 12.6. The maximum atomic E-state index is 13.1. The molecule has 0 aliphatic heterocycles. The maximum Gasteiger partial charge on any atom is 0.127 e. The van der Waals surface area contributed by atoms with Gasteiger partial charge in [-0.15, -0.1) is 0 Å². The van der Waals surface area contributed by atoms with Gasteiger partial charge in [0.25, 0.3) is 0 Å². The fourth-order valence-corrected chi connectivity index (χ4v) is 2.33. The lowest BCUT2D eigenvalue weighted by molar-refractivity contribution is 0.111. The van der Waals surface area contributed by atoms with Crippen LogP contribution in [0.25, 0.3) is 0 Å². The van der Waals surface area contributed by atoms with E-state index in [4.69, 9.17) is 5.73 Å². The van der Waals surface area contributed by atoms with Crippen LogP contribution in [0.1, 0.15) is 25.7 Å². The number of hydrogen-bond donors (Lipinski definition) is 3. The van der Waals surface area contributed by atoms with Gasteiger partial charge in [0, 0.05) is 17.9 Å². The smallest absolute Gasteiger partial charge is 0.127 e. The Hall–Kier alpha value is -1.29. The summed E-state index contributed by atoms with van der Waals surface area (Å²) in [6, 6.07) is 4.50.